The number of hydrogen-bond donors (Lipinski definition) is 1. The van der Waals surface area contributed by atoms with Crippen molar-refractivity contribution in [1.29, 1.82) is 0 Å². The van der Waals surface area contributed by atoms with E-state index in [9.17, 15) is 12.8 Å². The van der Waals surface area contributed by atoms with Gasteiger partial charge in [-0.2, -0.15) is 14.5 Å². The molecule has 1 fully saturated rings. The van der Waals surface area contributed by atoms with E-state index < -0.39 is 15.8 Å². The third-order valence-corrected chi connectivity index (χ3v) is 7.92. The second kappa shape index (κ2) is 7.58. The Balaban J connectivity index is 1.35. The number of fused-ring (bicyclic) bond motifs is 1. The van der Waals surface area contributed by atoms with Crippen molar-refractivity contribution in [2.75, 3.05) is 6.54 Å². The fourth-order valence-corrected chi connectivity index (χ4v) is 6.10. The van der Waals surface area contributed by atoms with Gasteiger partial charge in [-0.05, 0) is 61.2 Å². The Bertz CT molecular complexity index is 1320. The van der Waals surface area contributed by atoms with Crippen LogP contribution in [0.15, 0.2) is 66.0 Å². The van der Waals surface area contributed by atoms with Crippen LogP contribution in [0, 0.1) is 11.7 Å². The average molecular weight is 440 g/mol. The highest BCUT2D eigenvalue weighted by Crippen LogP contribution is 2.31. The fraction of sp³-hybridized carbons (Fsp3) is 0.273. The second-order valence-corrected chi connectivity index (χ2v) is 9.96. The van der Waals surface area contributed by atoms with Crippen molar-refractivity contribution in [2.45, 2.75) is 30.8 Å². The van der Waals surface area contributed by atoms with Crippen LogP contribution in [0.25, 0.3) is 22.0 Å². The van der Waals surface area contributed by atoms with Crippen molar-refractivity contribution in [3.05, 3.63) is 66.9 Å². The average Bonchev–Trinajstić information content (AvgIpc) is 3.49. The van der Waals surface area contributed by atoms with Gasteiger partial charge in [0.25, 0.3) is 0 Å². The fourth-order valence-electron chi connectivity index (χ4n) is 4.38. The molecule has 2 aromatic heterocycles. The topological polar surface area (TPSA) is 83.9 Å². The van der Waals surface area contributed by atoms with E-state index in [0.717, 1.165) is 28.5 Å². The Morgan fingerprint density at radius 2 is 1.94 bits per heavy atom. The van der Waals surface area contributed by atoms with E-state index in [1.54, 1.807) is 6.20 Å². The van der Waals surface area contributed by atoms with E-state index >= 15 is 0 Å². The third-order valence-electron chi connectivity index (χ3n) is 5.93. The summed E-state index contributed by atoms with van der Waals surface area (Å²) in [4.78, 5) is 0.123. The van der Waals surface area contributed by atoms with Crippen LogP contribution in [0.1, 0.15) is 13.3 Å². The van der Waals surface area contributed by atoms with Crippen LogP contribution >= 0.6 is 0 Å². The molecule has 9 heteroatoms. The van der Waals surface area contributed by atoms with Crippen molar-refractivity contribution in [3.8, 4) is 11.1 Å². The minimum Gasteiger partial charge on any atom is -0.285 e. The molecule has 1 aliphatic heterocycles. The number of benzene rings is 2. The van der Waals surface area contributed by atoms with Crippen molar-refractivity contribution in [2.24, 2.45) is 5.92 Å². The largest absolute Gasteiger partial charge is 0.285 e. The molecule has 1 N–H and O–H groups in total. The Morgan fingerprint density at radius 1 is 1.13 bits per heavy atom. The summed E-state index contributed by atoms with van der Waals surface area (Å²) in [6.45, 7) is 2.96. The first-order valence-corrected chi connectivity index (χ1v) is 11.6. The van der Waals surface area contributed by atoms with E-state index in [-0.39, 0.29) is 16.9 Å². The van der Waals surface area contributed by atoms with Gasteiger partial charge < -0.3 is 0 Å². The molecule has 0 spiro atoms. The molecule has 160 valence electrons. The van der Waals surface area contributed by atoms with Gasteiger partial charge in [0.1, 0.15) is 5.82 Å². The van der Waals surface area contributed by atoms with Gasteiger partial charge in [-0.1, -0.05) is 6.07 Å². The Labute approximate surface area is 179 Å². The summed E-state index contributed by atoms with van der Waals surface area (Å²) in [6.07, 6.45) is 6.21. The first kappa shape index (κ1) is 19.9. The van der Waals surface area contributed by atoms with Gasteiger partial charge in [0.05, 0.1) is 22.8 Å². The quantitative estimate of drug-likeness (QED) is 0.514. The molecule has 1 aliphatic rings. The number of hydrogen-bond acceptors (Lipinski definition) is 4. The van der Waals surface area contributed by atoms with Gasteiger partial charge in [-0.3, -0.25) is 9.78 Å². The zero-order valence-electron chi connectivity index (χ0n) is 16.9. The van der Waals surface area contributed by atoms with E-state index in [1.807, 2.05) is 36.1 Å². The number of nitrogens with zero attached hydrogens (tertiary/aromatic N) is 4. The summed E-state index contributed by atoms with van der Waals surface area (Å²) in [7, 11) is -3.66. The Hall–Kier alpha value is -3.04. The predicted molar refractivity (Wildman–Crippen MR) is 115 cm³/mol. The lowest BCUT2D eigenvalue weighted by molar-refractivity contribution is 0.396. The maximum Gasteiger partial charge on any atom is 0.243 e. The lowest BCUT2D eigenvalue weighted by atomic mass is 10.1. The number of aromatic amines is 1. The molecule has 0 bridgehead atoms. The normalized spacial score (nSPS) is 19.9. The molecule has 0 aliphatic carbocycles. The maximum absolute atomic E-state index is 13.2. The molecular formula is C22H22FN5O2S. The highest BCUT2D eigenvalue weighted by atomic mass is 32.2. The van der Waals surface area contributed by atoms with Crippen LogP contribution in [0.5, 0.6) is 0 Å². The molecule has 7 nitrogen and oxygen atoms in total. The Morgan fingerprint density at radius 3 is 2.68 bits per heavy atom. The van der Waals surface area contributed by atoms with Gasteiger partial charge in [0, 0.05) is 36.3 Å². The monoisotopic (exact) mass is 439 g/mol. The van der Waals surface area contributed by atoms with E-state index in [1.165, 1.54) is 28.6 Å². The summed E-state index contributed by atoms with van der Waals surface area (Å²) in [5.41, 5.74) is 3.09. The molecule has 1 saturated heterocycles. The van der Waals surface area contributed by atoms with Crippen molar-refractivity contribution in [3.63, 3.8) is 0 Å². The summed E-state index contributed by atoms with van der Waals surface area (Å²) in [6, 6.07) is 11.0. The van der Waals surface area contributed by atoms with Crippen LogP contribution in [-0.4, -0.2) is 45.3 Å². The van der Waals surface area contributed by atoms with Crippen LogP contribution in [-0.2, 0) is 16.6 Å². The highest BCUT2D eigenvalue weighted by molar-refractivity contribution is 7.89. The standard InChI is InChI=1S/C22H22FN5O2S/c1-15-8-16(14-28(15)31(29,30)21-5-3-20(23)4-6-21)13-27-22-7-2-17(9-18(22)12-26-27)19-10-24-25-11-19/h2-7,9-12,15-16H,8,13-14H2,1H3,(H,24,25)/t15-,16?/m1/s1. The molecule has 2 aromatic carbocycles. The predicted octanol–water partition coefficient (Wildman–Crippen LogP) is 3.66. The number of halogens is 1. The molecule has 4 aromatic rings. The number of sulfonamides is 1. The molecule has 2 atom stereocenters. The molecule has 31 heavy (non-hydrogen) atoms. The van der Waals surface area contributed by atoms with Crippen molar-refractivity contribution < 1.29 is 12.8 Å². The smallest absolute Gasteiger partial charge is 0.243 e. The number of nitrogens with one attached hydrogen (secondary N) is 1. The second-order valence-electron chi connectivity index (χ2n) is 8.07. The van der Waals surface area contributed by atoms with Gasteiger partial charge >= 0.3 is 0 Å². The molecule has 1 unspecified atom stereocenters. The molecule has 0 radical (unpaired) electrons. The van der Waals surface area contributed by atoms with Crippen LogP contribution in [0.2, 0.25) is 0 Å². The van der Waals surface area contributed by atoms with Crippen LogP contribution in [0.4, 0.5) is 4.39 Å². The first-order chi connectivity index (χ1) is 14.9. The Kier molecular flexibility index (Phi) is 4.86. The van der Waals surface area contributed by atoms with Gasteiger partial charge in [0.15, 0.2) is 0 Å². The molecular weight excluding hydrogens is 417 g/mol. The highest BCUT2D eigenvalue weighted by Gasteiger charge is 2.38. The van der Waals surface area contributed by atoms with Crippen LogP contribution < -0.4 is 0 Å². The van der Waals surface area contributed by atoms with E-state index in [0.29, 0.717) is 13.1 Å². The maximum atomic E-state index is 13.2. The SMILES string of the molecule is C[C@@H]1CC(Cn2ncc3cc(-c4cn[nH]c4)ccc32)CN1S(=O)(=O)c1ccc(F)cc1. The zero-order valence-corrected chi connectivity index (χ0v) is 17.8. The van der Waals surface area contributed by atoms with Gasteiger partial charge in [-0.15, -0.1) is 0 Å². The first-order valence-electron chi connectivity index (χ1n) is 10.1. The van der Waals surface area contributed by atoms with Crippen molar-refractivity contribution >= 4 is 20.9 Å². The molecule has 3 heterocycles. The zero-order chi connectivity index (χ0) is 21.6. The number of aromatic nitrogens is 4. The van der Waals surface area contributed by atoms with Gasteiger partial charge in [-0.25, -0.2) is 12.8 Å². The van der Waals surface area contributed by atoms with Gasteiger partial charge in [0.2, 0.25) is 10.0 Å². The number of H-pyrrole nitrogens is 1. The summed E-state index contributed by atoms with van der Waals surface area (Å²) in [5.74, 6) is -0.311. The summed E-state index contributed by atoms with van der Waals surface area (Å²) < 4.78 is 42.8. The molecule has 0 saturated carbocycles. The molecule has 0 amide bonds. The molecule has 5 rings (SSSR count). The summed E-state index contributed by atoms with van der Waals surface area (Å²) >= 11 is 0. The lowest BCUT2D eigenvalue weighted by Crippen LogP contribution is -2.34. The van der Waals surface area contributed by atoms with Crippen molar-refractivity contribution in [1.82, 2.24) is 24.3 Å². The van der Waals surface area contributed by atoms with E-state index in [2.05, 4.69) is 21.4 Å². The lowest BCUT2D eigenvalue weighted by Gasteiger charge is -2.21. The minimum atomic E-state index is -3.66. The summed E-state index contributed by atoms with van der Waals surface area (Å²) in [5, 5.41) is 12.4. The van der Waals surface area contributed by atoms with E-state index in [4.69, 9.17) is 0 Å². The third kappa shape index (κ3) is 3.64. The number of rotatable bonds is 5. The minimum absolute atomic E-state index is 0.123. The van der Waals surface area contributed by atoms with Crippen LogP contribution in [0.3, 0.4) is 0 Å².